The summed E-state index contributed by atoms with van der Waals surface area (Å²) in [6.45, 7) is 4.16. The van der Waals surface area contributed by atoms with Crippen LogP contribution < -0.4 is 10.9 Å². The van der Waals surface area contributed by atoms with Gasteiger partial charge in [-0.2, -0.15) is 0 Å². The number of rotatable bonds is 6. The summed E-state index contributed by atoms with van der Waals surface area (Å²) in [6, 6.07) is 16.5. The summed E-state index contributed by atoms with van der Waals surface area (Å²) in [5, 5.41) is 3.57. The van der Waals surface area contributed by atoms with E-state index in [4.69, 9.17) is 4.98 Å². The van der Waals surface area contributed by atoms with E-state index >= 15 is 0 Å². The number of H-pyrrole nitrogens is 2. The van der Waals surface area contributed by atoms with Crippen molar-refractivity contribution in [3.63, 3.8) is 0 Å². The molecule has 0 aliphatic heterocycles. The number of aromatic amines is 2. The van der Waals surface area contributed by atoms with E-state index in [2.05, 4.69) is 62.4 Å². The van der Waals surface area contributed by atoms with E-state index in [0.29, 0.717) is 11.4 Å². The number of benzene rings is 2. The van der Waals surface area contributed by atoms with Crippen LogP contribution in [0.5, 0.6) is 0 Å². The lowest BCUT2D eigenvalue weighted by Gasteiger charge is -2.20. The number of pyridine rings is 1. The maximum absolute atomic E-state index is 12.7. The third-order valence-corrected chi connectivity index (χ3v) is 5.57. The number of imidazole rings is 1. The molecule has 2 aromatic carbocycles. The number of halogens is 1. The molecule has 0 spiro atoms. The number of anilines is 1. The molecule has 5 nitrogen and oxygen atoms in total. The van der Waals surface area contributed by atoms with Crippen molar-refractivity contribution < 1.29 is 0 Å². The van der Waals surface area contributed by atoms with E-state index in [0.717, 1.165) is 39.6 Å². The molecular formula is C23H23BrN4O. The lowest BCUT2D eigenvalue weighted by Crippen LogP contribution is -2.23. The summed E-state index contributed by atoms with van der Waals surface area (Å²) >= 11 is 3.52. The van der Waals surface area contributed by atoms with Crippen molar-refractivity contribution in [3.8, 4) is 11.4 Å². The Kier molecular flexibility index (Phi) is 5.53. The molecule has 1 atom stereocenters. The zero-order chi connectivity index (χ0) is 20.4. The second-order valence-electron chi connectivity index (χ2n) is 7.24. The Hall–Kier alpha value is -2.86. The minimum atomic E-state index is -0.166. The van der Waals surface area contributed by atoms with Gasteiger partial charge in [0.25, 0.3) is 5.56 Å². The van der Waals surface area contributed by atoms with Crippen LogP contribution in [0.4, 0.5) is 5.69 Å². The molecule has 2 heterocycles. The summed E-state index contributed by atoms with van der Waals surface area (Å²) in [5.41, 5.74) is 5.24. The number of nitrogens with one attached hydrogen (secondary N) is 3. The molecule has 0 aliphatic rings. The first kappa shape index (κ1) is 19.5. The molecule has 4 rings (SSSR count). The fourth-order valence-electron chi connectivity index (χ4n) is 3.61. The van der Waals surface area contributed by atoms with E-state index in [1.807, 2.05) is 31.2 Å². The minimum absolute atomic E-state index is 0.166. The highest BCUT2D eigenvalue weighted by molar-refractivity contribution is 9.10. The van der Waals surface area contributed by atoms with Crippen molar-refractivity contribution in [2.24, 2.45) is 0 Å². The van der Waals surface area contributed by atoms with Crippen molar-refractivity contribution in [1.82, 2.24) is 15.0 Å². The second-order valence-corrected chi connectivity index (χ2v) is 8.15. The highest BCUT2D eigenvalue weighted by Gasteiger charge is 2.17. The SMILES string of the molecule is CCC(Cc1ccccc1)Nc1cc[nH]c(=O)c1-c1nc2c(C)cc(Br)cc2[nH]1. The molecule has 0 fully saturated rings. The third-order valence-electron chi connectivity index (χ3n) is 5.12. The fourth-order valence-corrected chi connectivity index (χ4v) is 4.19. The van der Waals surface area contributed by atoms with Gasteiger partial charge in [-0.3, -0.25) is 4.79 Å². The predicted octanol–water partition coefficient (Wildman–Crippen LogP) is 5.42. The summed E-state index contributed by atoms with van der Waals surface area (Å²) < 4.78 is 0.979. The topological polar surface area (TPSA) is 73.6 Å². The van der Waals surface area contributed by atoms with Crippen LogP contribution in [0, 0.1) is 6.92 Å². The summed E-state index contributed by atoms with van der Waals surface area (Å²) in [5.74, 6) is 0.570. The molecule has 1 unspecified atom stereocenters. The molecule has 0 radical (unpaired) electrons. The molecule has 0 amide bonds. The van der Waals surface area contributed by atoms with Gasteiger partial charge in [-0.05, 0) is 49.1 Å². The largest absolute Gasteiger partial charge is 0.381 e. The summed E-state index contributed by atoms with van der Waals surface area (Å²) in [4.78, 5) is 23.6. The first-order valence-electron chi connectivity index (χ1n) is 9.73. The molecule has 148 valence electrons. The number of hydrogen-bond acceptors (Lipinski definition) is 3. The van der Waals surface area contributed by atoms with Crippen LogP contribution in [0.3, 0.4) is 0 Å². The van der Waals surface area contributed by atoms with Crippen molar-refractivity contribution >= 4 is 32.7 Å². The standard InChI is InChI=1S/C23H23BrN4O/c1-3-17(12-15-7-5-4-6-8-15)26-18-9-10-25-23(29)20(18)22-27-19-13-16(24)11-14(2)21(19)28-22/h4-11,13,17H,3,12H2,1-2H3,(H,27,28)(H2,25,26,29). The van der Waals surface area contributed by atoms with Gasteiger partial charge >= 0.3 is 0 Å². The van der Waals surface area contributed by atoms with Crippen LogP contribution in [-0.2, 0) is 6.42 Å². The molecule has 2 aromatic heterocycles. The Labute approximate surface area is 177 Å². The number of hydrogen-bond donors (Lipinski definition) is 3. The number of aryl methyl sites for hydroxylation is 1. The van der Waals surface area contributed by atoms with Crippen molar-refractivity contribution in [2.45, 2.75) is 32.7 Å². The summed E-state index contributed by atoms with van der Waals surface area (Å²) in [7, 11) is 0. The first-order valence-corrected chi connectivity index (χ1v) is 10.5. The van der Waals surface area contributed by atoms with E-state index in [9.17, 15) is 4.79 Å². The molecule has 3 N–H and O–H groups in total. The van der Waals surface area contributed by atoms with Crippen LogP contribution in [0.15, 0.2) is 64.0 Å². The number of nitrogens with zero attached hydrogens (tertiary/aromatic N) is 1. The number of fused-ring (bicyclic) bond motifs is 1. The van der Waals surface area contributed by atoms with Gasteiger partial charge in [0.2, 0.25) is 0 Å². The summed E-state index contributed by atoms with van der Waals surface area (Å²) in [6.07, 6.45) is 3.50. The lowest BCUT2D eigenvalue weighted by atomic mass is 10.0. The average molecular weight is 451 g/mol. The zero-order valence-corrected chi connectivity index (χ0v) is 18.0. The Morgan fingerprint density at radius 3 is 2.72 bits per heavy atom. The van der Waals surface area contributed by atoms with E-state index in [1.165, 1.54) is 5.56 Å². The van der Waals surface area contributed by atoms with E-state index in [1.54, 1.807) is 6.20 Å². The quantitative estimate of drug-likeness (QED) is 0.367. The average Bonchev–Trinajstić information content (AvgIpc) is 3.12. The van der Waals surface area contributed by atoms with Crippen LogP contribution in [0.2, 0.25) is 0 Å². The normalized spacial score (nSPS) is 12.2. The fraction of sp³-hybridized carbons (Fsp3) is 0.217. The minimum Gasteiger partial charge on any atom is -0.381 e. The Balaban J connectivity index is 1.72. The first-order chi connectivity index (χ1) is 14.0. The van der Waals surface area contributed by atoms with E-state index in [-0.39, 0.29) is 11.6 Å². The van der Waals surface area contributed by atoms with Crippen LogP contribution in [0.1, 0.15) is 24.5 Å². The third kappa shape index (κ3) is 4.12. The molecule has 0 saturated carbocycles. The highest BCUT2D eigenvalue weighted by Crippen LogP contribution is 2.28. The Bertz CT molecular complexity index is 1200. The van der Waals surface area contributed by atoms with Gasteiger partial charge in [-0.1, -0.05) is 53.2 Å². The Morgan fingerprint density at radius 1 is 1.17 bits per heavy atom. The van der Waals surface area contributed by atoms with Gasteiger partial charge in [0, 0.05) is 16.7 Å². The van der Waals surface area contributed by atoms with Crippen molar-refractivity contribution in [3.05, 3.63) is 80.7 Å². The molecular weight excluding hydrogens is 428 g/mol. The van der Waals surface area contributed by atoms with E-state index < -0.39 is 0 Å². The Morgan fingerprint density at radius 2 is 1.97 bits per heavy atom. The van der Waals surface area contributed by atoms with Crippen LogP contribution in [-0.4, -0.2) is 21.0 Å². The molecule has 0 saturated heterocycles. The molecule has 0 aliphatic carbocycles. The van der Waals surface area contributed by atoms with Crippen molar-refractivity contribution in [2.75, 3.05) is 5.32 Å². The maximum Gasteiger partial charge on any atom is 0.261 e. The monoisotopic (exact) mass is 450 g/mol. The van der Waals surface area contributed by atoms with Gasteiger partial charge in [0.05, 0.1) is 16.7 Å². The molecule has 6 heteroatoms. The molecule has 4 aromatic rings. The van der Waals surface area contributed by atoms with Gasteiger partial charge in [0.15, 0.2) is 0 Å². The zero-order valence-electron chi connectivity index (χ0n) is 16.4. The molecule has 29 heavy (non-hydrogen) atoms. The highest BCUT2D eigenvalue weighted by atomic mass is 79.9. The number of aromatic nitrogens is 3. The van der Waals surface area contributed by atoms with Crippen LogP contribution in [0.25, 0.3) is 22.4 Å². The van der Waals surface area contributed by atoms with Gasteiger partial charge in [0.1, 0.15) is 11.4 Å². The van der Waals surface area contributed by atoms with Crippen LogP contribution >= 0.6 is 15.9 Å². The second kappa shape index (κ2) is 8.25. The van der Waals surface area contributed by atoms with Gasteiger partial charge in [-0.15, -0.1) is 0 Å². The van der Waals surface area contributed by atoms with Crippen molar-refractivity contribution in [1.29, 1.82) is 0 Å². The molecule has 0 bridgehead atoms. The lowest BCUT2D eigenvalue weighted by molar-refractivity contribution is 0.690. The smallest absolute Gasteiger partial charge is 0.261 e. The maximum atomic E-state index is 12.7. The van der Waals surface area contributed by atoms with Gasteiger partial charge < -0.3 is 15.3 Å². The predicted molar refractivity (Wildman–Crippen MR) is 122 cm³/mol. The van der Waals surface area contributed by atoms with Gasteiger partial charge in [-0.25, -0.2) is 4.98 Å².